The summed E-state index contributed by atoms with van der Waals surface area (Å²) in [6.07, 6.45) is 1.45. The van der Waals surface area contributed by atoms with E-state index in [4.69, 9.17) is 19.6 Å². The molecular formula is C23H22N4O6S2. The van der Waals surface area contributed by atoms with Crippen LogP contribution in [0.25, 0.3) is 6.08 Å². The number of para-hydroxylation sites is 1. The maximum Gasteiger partial charge on any atom is 0.283 e. The van der Waals surface area contributed by atoms with Crippen molar-refractivity contribution in [2.75, 3.05) is 26.1 Å². The number of ether oxygens (including phenoxy) is 3. The maximum atomic E-state index is 12.6. The van der Waals surface area contributed by atoms with E-state index in [1.807, 2.05) is 30.3 Å². The van der Waals surface area contributed by atoms with E-state index in [-0.39, 0.29) is 34.1 Å². The Bertz CT molecular complexity index is 1350. The molecule has 35 heavy (non-hydrogen) atoms. The molecule has 0 bridgehead atoms. The van der Waals surface area contributed by atoms with E-state index in [1.165, 1.54) is 20.1 Å². The number of sulfone groups is 1. The molecule has 0 unspecified atom stereocenters. The summed E-state index contributed by atoms with van der Waals surface area (Å²) in [5.74, 6) is 0.494. The number of nitrogens with one attached hydrogen (secondary N) is 1. The molecule has 1 N–H and O–H groups in total. The Morgan fingerprint density at radius 1 is 1.09 bits per heavy atom. The third-order valence-corrected chi connectivity index (χ3v) is 7.41. The average Bonchev–Trinajstić information content (AvgIpc) is 3.30. The van der Waals surface area contributed by atoms with Crippen molar-refractivity contribution >= 4 is 49.9 Å². The van der Waals surface area contributed by atoms with E-state index in [1.54, 1.807) is 18.2 Å². The van der Waals surface area contributed by atoms with Crippen LogP contribution in [0.2, 0.25) is 0 Å². The second kappa shape index (κ2) is 10.3. The fourth-order valence-electron chi connectivity index (χ4n) is 3.22. The van der Waals surface area contributed by atoms with Crippen molar-refractivity contribution in [3.63, 3.8) is 0 Å². The minimum absolute atomic E-state index is 0.0447. The molecule has 0 saturated heterocycles. The van der Waals surface area contributed by atoms with Gasteiger partial charge in [-0.3, -0.25) is 10.2 Å². The Kier molecular flexibility index (Phi) is 7.22. The lowest BCUT2D eigenvalue weighted by Crippen LogP contribution is -2.45. The van der Waals surface area contributed by atoms with E-state index in [0.29, 0.717) is 23.7 Å². The summed E-state index contributed by atoms with van der Waals surface area (Å²) in [7, 11) is -2.22. The van der Waals surface area contributed by atoms with Crippen LogP contribution in [0, 0.1) is 5.41 Å². The Balaban J connectivity index is 1.50. The molecule has 0 aromatic heterocycles. The lowest BCUT2D eigenvalue weighted by atomic mass is 10.1. The summed E-state index contributed by atoms with van der Waals surface area (Å²) in [5, 5.41) is 8.24. The van der Waals surface area contributed by atoms with Gasteiger partial charge in [-0.25, -0.2) is 13.3 Å². The molecule has 2 aromatic carbocycles. The molecule has 0 saturated carbocycles. The fraction of sp³-hybridized carbons (Fsp3) is 0.217. The molecule has 0 radical (unpaired) electrons. The van der Waals surface area contributed by atoms with Crippen LogP contribution in [0.1, 0.15) is 12.5 Å². The van der Waals surface area contributed by atoms with E-state index < -0.39 is 15.7 Å². The van der Waals surface area contributed by atoms with Crippen molar-refractivity contribution in [2.45, 2.75) is 6.92 Å². The zero-order valence-electron chi connectivity index (χ0n) is 18.9. The molecule has 1 amide bonds. The zero-order chi connectivity index (χ0) is 25.0. The van der Waals surface area contributed by atoms with Crippen molar-refractivity contribution in [3.8, 4) is 17.2 Å². The third-order valence-electron chi connectivity index (χ3n) is 5.00. The molecule has 10 nitrogen and oxygen atoms in total. The molecule has 0 atom stereocenters. The first kappa shape index (κ1) is 24.5. The predicted octanol–water partition coefficient (Wildman–Crippen LogP) is 3.16. The van der Waals surface area contributed by atoms with Crippen LogP contribution < -0.4 is 14.2 Å². The molecule has 2 aliphatic rings. The van der Waals surface area contributed by atoms with Gasteiger partial charge < -0.3 is 14.2 Å². The molecule has 12 heteroatoms. The fourth-order valence-corrected chi connectivity index (χ4v) is 5.18. The summed E-state index contributed by atoms with van der Waals surface area (Å²) < 4.78 is 45.5. The van der Waals surface area contributed by atoms with Gasteiger partial charge in [0.05, 0.1) is 30.4 Å². The monoisotopic (exact) mass is 514 g/mol. The Morgan fingerprint density at radius 2 is 1.83 bits per heavy atom. The predicted molar refractivity (Wildman–Crippen MR) is 135 cm³/mol. The van der Waals surface area contributed by atoms with Gasteiger partial charge in [-0.2, -0.15) is 9.39 Å². The molecule has 182 valence electrons. The highest BCUT2D eigenvalue weighted by Gasteiger charge is 2.42. The Hall–Kier alpha value is -3.64. The highest BCUT2D eigenvalue weighted by molar-refractivity contribution is 8.16. The van der Waals surface area contributed by atoms with Crippen molar-refractivity contribution in [2.24, 2.45) is 9.39 Å². The third kappa shape index (κ3) is 5.23. The van der Waals surface area contributed by atoms with Crippen molar-refractivity contribution < 1.29 is 27.4 Å². The minimum atomic E-state index is -3.71. The Labute approximate surface area is 206 Å². The molecular weight excluding hydrogens is 492 g/mol. The number of carbonyl (C=O) groups is 1. The minimum Gasteiger partial charge on any atom is -0.493 e. The molecule has 4 rings (SSSR count). The largest absolute Gasteiger partial charge is 0.493 e. The van der Waals surface area contributed by atoms with Crippen LogP contribution in [0.15, 0.2) is 63.5 Å². The number of nitrogens with zero attached hydrogens (tertiary/aromatic N) is 3. The Morgan fingerprint density at radius 3 is 2.54 bits per heavy atom. The first-order valence-corrected chi connectivity index (χ1v) is 13.0. The number of hydrogen-bond acceptors (Lipinski definition) is 9. The van der Waals surface area contributed by atoms with Crippen LogP contribution >= 0.6 is 11.9 Å². The SMILES string of the molecule is CCS(=O)(=O)C1=NSC2=NC(=O)C(=Cc3ccc(OCCOc4ccccc4)c(OC)c3)C(=N)N21. The number of amidine groups is 3. The van der Waals surface area contributed by atoms with E-state index in [9.17, 15) is 13.2 Å². The quantitative estimate of drug-likeness (QED) is 0.323. The standard InChI is InChI=1S/C23H22N4O6S2/c1-3-35(29,30)23-26-34-22-25-21(28)17(20(24)27(22)23)13-15-9-10-18(19(14-15)31-2)33-12-11-32-16-7-5-4-6-8-16/h4-10,13-14,24H,3,11-12H2,1-2H3. The van der Waals surface area contributed by atoms with Gasteiger partial charge in [0, 0.05) is 0 Å². The molecule has 0 spiro atoms. The topological polar surface area (TPSA) is 131 Å². The van der Waals surface area contributed by atoms with Gasteiger partial charge in [0.1, 0.15) is 24.8 Å². The van der Waals surface area contributed by atoms with Crippen LogP contribution in [0.4, 0.5) is 0 Å². The number of fused-ring (bicyclic) bond motifs is 1. The molecule has 2 heterocycles. The number of methoxy groups -OCH3 is 1. The molecule has 0 aliphatic carbocycles. The van der Waals surface area contributed by atoms with Gasteiger partial charge in [-0.15, -0.1) is 0 Å². The first-order chi connectivity index (χ1) is 16.8. The number of hydrogen-bond donors (Lipinski definition) is 1. The van der Waals surface area contributed by atoms with Gasteiger partial charge in [-0.05, 0) is 35.9 Å². The second-order valence-corrected chi connectivity index (χ2v) is 10.1. The number of carbonyl (C=O) groups excluding carboxylic acids is 1. The van der Waals surface area contributed by atoms with Crippen molar-refractivity contribution in [1.29, 1.82) is 5.41 Å². The summed E-state index contributed by atoms with van der Waals surface area (Å²) in [4.78, 5) is 17.6. The van der Waals surface area contributed by atoms with E-state index in [2.05, 4.69) is 9.39 Å². The van der Waals surface area contributed by atoms with Gasteiger partial charge in [0.25, 0.3) is 5.91 Å². The molecule has 0 fully saturated rings. The second-order valence-electron chi connectivity index (χ2n) is 7.23. The van der Waals surface area contributed by atoms with E-state index >= 15 is 0 Å². The normalized spacial score (nSPS) is 16.6. The zero-order valence-corrected chi connectivity index (χ0v) is 20.6. The van der Waals surface area contributed by atoms with Gasteiger partial charge in [-0.1, -0.05) is 31.2 Å². The van der Waals surface area contributed by atoms with Crippen molar-refractivity contribution in [1.82, 2.24) is 4.90 Å². The lowest BCUT2D eigenvalue weighted by molar-refractivity contribution is -0.114. The van der Waals surface area contributed by atoms with Crippen LogP contribution in [-0.2, 0) is 14.6 Å². The molecule has 2 aromatic rings. The summed E-state index contributed by atoms with van der Waals surface area (Å²) in [5.41, 5.74) is 0.479. The highest BCUT2D eigenvalue weighted by atomic mass is 32.2. The van der Waals surface area contributed by atoms with Gasteiger partial charge >= 0.3 is 0 Å². The first-order valence-electron chi connectivity index (χ1n) is 10.5. The smallest absolute Gasteiger partial charge is 0.283 e. The highest BCUT2D eigenvalue weighted by Crippen LogP contribution is 2.32. The lowest BCUT2D eigenvalue weighted by Gasteiger charge is -2.24. The van der Waals surface area contributed by atoms with Gasteiger partial charge in [0.15, 0.2) is 11.5 Å². The van der Waals surface area contributed by atoms with Crippen LogP contribution in [-0.4, -0.2) is 61.5 Å². The van der Waals surface area contributed by atoms with Crippen LogP contribution in [0.3, 0.4) is 0 Å². The number of benzene rings is 2. The average molecular weight is 515 g/mol. The summed E-state index contributed by atoms with van der Waals surface area (Å²) >= 11 is 0.757. The van der Waals surface area contributed by atoms with Gasteiger partial charge in [0.2, 0.25) is 20.2 Å². The van der Waals surface area contributed by atoms with Crippen LogP contribution in [0.5, 0.6) is 17.2 Å². The number of amides is 1. The number of aliphatic imine (C=N–C) groups is 1. The maximum absolute atomic E-state index is 12.6. The molecule has 2 aliphatic heterocycles. The van der Waals surface area contributed by atoms with Crippen molar-refractivity contribution in [3.05, 3.63) is 59.7 Å². The van der Waals surface area contributed by atoms with E-state index in [0.717, 1.165) is 22.6 Å². The summed E-state index contributed by atoms with van der Waals surface area (Å²) in [6, 6.07) is 14.4. The number of rotatable bonds is 8. The summed E-state index contributed by atoms with van der Waals surface area (Å²) in [6.45, 7) is 2.10.